The molecular formula is C19H19Cl2N3O3. The second kappa shape index (κ2) is 9.94. The minimum absolute atomic E-state index is 0.133. The highest BCUT2D eigenvalue weighted by molar-refractivity contribution is 6.35. The first kappa shape index (κ1) is 20.7. The lowest BCUT2D eigenvalue weighted by Gasteiger charge is -2.09. The molecule has 6 nitrogen and oxygen atoms in total. The number of halogens is 2. The van der Waals surface area contributed by atoms with Crippen molar-refractivity contribution in [2.45, 2.75) is 26.5 Å². The zero-order chi connectivity index (χ0) is 19.8. The van der Waals surface area contributed by atoms with E-state index in [0.717, 1.165) is 5.56 Å². The van der Waals surface area contributed by atoms with E-state index in [0.29, 0.717) is 28.0 Å². The minimum atomic E-state index is -0.839. The van der Waals surface area contributed by atoms with Gasteiger partial charge in [0.05, 0.1) is 11.2 Å². The van der Waals surface area contributed by atoms with E-state index in [4.69, 9.17) is 27.9 Å². The van der Waals surface area contributed by atoms with Gasteiger partial charge in [-0.2, -0.15) is 5.10 Å². The molecule has 2 aromatic rings. The van der Waals surface area contributed by atoms with Crippen LogP contribution < -0.4 is 15.5 Å². The Kier molecular flexibility index (Phi) is 7.64. The molecule has 27 heavy (non-hydrogen) atoms. The number of benzene rings is 2. The Bertz CT molecular complexity index is 837. The van der Waals surface area contributed by atoms with Crippen LogP contribution in [0, 0.1) is 0 Å². The summed E-state index contributed by atoms with van der Waals surface area (Å²) in [6, 6.07) is 12.3. The lowest BCUT2D eigenvalue weighted by Crippen LogP contribution is -2.41. The zero-order valence-electron chi connectivity index (χ0n) is 14.8. The van der Waals surface area contributed by atoms with Gasteiger partial charge in [-0.05, 0) is 55.3 Å². The summed E-state index contributed by atoms with van der Waals surface area (Å²) >= 11 is 12.1. The van der Waals surface area contributed by atoms with Gasteiger partial charge in [0, 0.05) is 11.1 Å². The van der Waals surface area contributed by atoms with Crippen LogP contribution in [-0.2, 0) is 16.2 Å². The third-order valence-corrected chi connectivity index (χ3v) is 3.82. The van der Waals surface area contributed by atoms with Crippen LogP contribution in [0.1, 0.15) is 25.0 Å². The predicted molar refractivity (Wildman–Crippen MR) is 106 cm³/mol. The van der Waals surface area contributed by atoms with E-state index in [2.05, 4.69) is 15.8 Å². The molecule has 0 spiro atoms. The van der Waals surface area contributed by atoms with E-state index in [9.17, 15) is 9.59 Å². The Morgan fingerprint density at radius 3 is 2.44 bits per heavy atom. The van der Waals surface area contributed by atoms with Gasteiger partial charge in [0.2, 0.25) is 0 Å². The maximum Gasteiger partial charge on any atom is 0.329 e. The fourth-order valence-electron chi connectivity index (χ4n) is 2.00. The summed E-state index contributed by atoms with van der Waals surface area (Å²) < 4.78 is 5.69. The molecule has 0 saturated heterocycles. The monoisotopic (exact) mass is 407 g/mol. The number of amides is 2. The van der Waals surface area contributed by atoms with E-state index in [1.165, 1.54) is 6.21 Å². The molecule has 0 atom stereocenters. The maximum atomic E-state index is 11.5. The molecule has 0 aliphatic heterocycles. The van der Waals surface area contributed by atoms with Gasteiger partial charge in [0.15, 0.2) is 0 Å². The van der Waals surface area contributed by atoms with Crippen molar-refractivity contribution in [2.24, 2.45) is 5.10 Å². The van der Waals surface area contributed by atoms with Crippen LogP contribution in [0.4, 0.5) is 0 Å². The van der Waals surface area contributed by atoms with Crippen molar-refractivity contribution in [1.82, 2.24) is 10.7 Å². The summed E-state index contributed by atoms with van der Waals surface area (Å²) in [4.78, 5) is 23.0. The lowest BCUT2D eigenvalue weighted by atomic mass is 10.2. The Morgan fingerprint density at radius 1 is 1.11 bits per heavy atom. The van der Waals surface area contributed by atoms with Gasteiger partial charge < -0.3 is 10.1 Å². The van der Waals surface area contributed by atoms with Crippen LogP contribution in [0.15, 0.2) is 47.6 Å². The largest absolute Gasteiger partial charge is 0.487 e. The third kappa shape index (κ3) is 6.92. The Balaban J connectivity index is 1.90. The second-order valence-electron chi connectivity index (χ2n) is 5.93. The van der Waals surface area contributed by atoms with Crippen LogP contribution >= 0.6 is 23.2 Å². The molecule has 142 valence electrons. The van der Waals surface area contributed by atoms with Crippen LogP contribution in [0.25, 0.3) is 0 Å². The molecule has 0 unspecified atom stereocenters. The third-order valence-electron chi connectivity index (χ3n) is 3.27. The molecule has 0 aliphatic rings. The molecule has 2 aromatic carbocycles. The molecule has 8 heteroatoms. The first-order valence-electron chi connectivity index (χ1n) is 8.16. The first-order valence-corrected chi connectivity index (χ1v) is 8.91. The van der Waals surface area contributed by atoms with E-state index in [1.807, 2.05) is 12.1 Å². The molecule has 2 N–H and O–H groups in total. The van der Waals surface area contributed by atoms with E-state index in [1.54, 1.807) is 44.2 Å². The standard InChI is InChI=1S/C19H19Cl2N3O3/c1-12(2)23-18(25)19(26)24-22-10-14-5-8-17(16(21)9-14)27-11-13-3-6-15(20)7-4-13/h3-10,12H,11H2,1-2H3,(H,23,25)(H,24,26)/b22-10-. The quantitative estimate of drug-likeness (QED) is 0.436. The number of ether oxygens (including phenoxy) is 1. The number of nitrogens with one attached hydrogen (secondary N) is 2. The molecule has 0 saturated carbocycles. The van der Waals surface area contributed by atoms with Crippen molar-refractivity contribution in [3.05, 3.63) is 63.6 Å². The summed E-state index contributed by atoms with van der Waals surface area (Å²) in [5, 5.41) is 7.27. The van der Waals surface area contributed by atoms with Crippen molar-refractivity contribution < 1.29 is 14.3 Å². The van der Waals surface area contributed by atoms with Crippen LogP contribution in [0.2, 0.25) is 10.0 Å². The number of carbonyl (C=O) groups is 2. The highest BCUT2D eigenvalue weighted by Crippen LogP contribution is 2.26. The normalized spacial score (nSPS) is 10.9. The fraction of sp³-hybridized carbons (Fsp3) is 0.211. The molecule has 2 rings (SSSR count). The molecule has 2 amide bonds. The van der Waals surface area contributed by atoms with Crippen molar-refractivity contribution in [3.8, 4) is 5.75 Å². The smallest absolute Gasteiger partial charge is 0.329 e. The van der Waals surface area contributed by atoms with Gasteiger partial charge in [-0.3, -0.25) is 9.59 Å². The topological polar surface area (TPSA) is 79.8 Å². The van der Waals surface area contributed by atoms with Crippen molar-refractivity contribution >= 4 is 41.2 Å². The number of nitrogens with zero attached hydrogens (tertiary/aromatic N) is 1. The molecule has 0 radical (unpaired) electrons. The molecule has 0 heterocycles. The van der Waals surface area contributed by atoms with Gasteiger partial charge in [-0.15, -0.1) is 0 Å². The van der Waals surface area contributed by atoms with E-state index >= 15 is 0 Å². The number of carbonyl (C=O) groups excluding carboxylic acids is 2. The lowest BCUT2D eigenvalue weighted by molar-refractivity contribution is -0.139. The molecule has 0 fully saturated rings. The van der Waals surface area contributed by atoms with E-state index in [-0.39, 0.29) is 6.04 Å². The Labute approximate surface area is 167 Å². The summed E-state index contributed by atoms with van der Waals surface area (Å²) in [5.41, 5.74) is 3.76. The number of hydrazone groups is 1. The fourth-order valence-corrected chi connectivity index (χ4v) is 2.37. The number of rotatable bonds is 6. The molecule has 0 aliphatic carbocycles. The van der Waals surface area contributed by atoms with Crippen LogP contribution in [-0.4, -0.2) is 24.1 Å². The van der Waals surface area contributed by atoms with Gasteiger partial charge in [0.25, 0.3) is 0 Å². The second-order valence-corrected chi connectivity index (χ2v) is 6.78. The van der Waals surface area contributed by atoms with E-state index < -0.39 is 11.8 Å². The molecular weight excluding hydrogens is 389 g/mol. The highest BCUT2D eigenvalue weighted by atomic mass is 35.5. The number of hydrogen-bond acceptors (Lipinski definition) is 4. The van der Waals surface area contributed by atoms with Crippen LogP contribution in [0.3, 0.4) is 0 Å². The summed E-state index contributed by atoms with van der Waals surface area (Å²) in [5.74, 6) is -1.07. The van der Waals surface area contributed by atoms with Crippen molar-refractivity contribution in [1.29, 1.82) is 0 Å². The molecule has 0 bridgehead atoms. The maximum absolute atomic E-state index is 11.5. The zero-order valence-corrected chi connectivity index (χ0v) is 16.3. The average Bonchev–Trinajstić information content (AvgIpc) is 2.61. The van der Waals surface area contributed by atoms with Gasteiger partial charge in [0.1, 0.15) is 12.4 Å². The van der Waals surface area contributed by atoms with Gasteiger partial charge >= 0.3 is 11.8 Å². The summed E-state index contributed by atoms with van der Waals surface area (Å²) in [6.07, 6.45) is 1.38. The van der Waals surface area contributed by atoms with Gasteiger partial charge in [-0.25, -0.2) is 5.43 Å². The Hall–Kier alpha value is -2.57. The van der Waals surface area contributed by atoms with Gasteiger partial charge in [-0.1, -0.05) is 35.3 Å². The Morgan fingerprint density at radius 2 is 1.81 bits per heavy atom. The SMILES string of the molecule is CC(C)NC(=O)C(=O)N/N=C\c1ccc(OCc2ccc(Cl)cc2)c(Cl)c1. The number of hydrogen-bond donors (Lipinski definition) is 2. The summed E-state index contributed by atoms with van der Waals surface area (Å²) in [7, 11) is 0. The minimum Gasteiger partial charge on any atom is -0.487 e. The first-order chi connectivity index (χ1) is 12.8. The van der Waals surface area contributed by atoms with Crippen LogP contribution in [0.5, 0.6) is 5.75 Å². The predicted octanol–water partition coefficient (Wildman–Crippen LogP) is 3.55. The van der Waals surface area contributed by atoms with Crippen molar-refractivity contribution in [3.63, 3.8) is 0 Å². The average molecular weight is 408 g/mol. The molecule has 0 aromatic heterocycles. The van der Waals surface area contributed by atoms with Crippen molar-refractivity contribution in [2.75, 3.05) is 0 Å². The highest BCUT2D eigenvalue weighted by Gasteiger charge is 2.12. The summed E-state index contributed by atoms with van der Waals surface area (Å²) in [6.45, 7) is 3.87.